The van der Waals surface area contributed by atoms with E-state index in [-0.39, 0.29) is 0 Å². The predicted octanol–water partition coefficient (Wildman–Crippen LogP) is 2.96. The second kappa shape index (κ2) is 4.60. The average molecular weight is 255 g/mol. The van der Waals surface area contributed by atoms with Gasteiger partial charge in [-0.1, -0.05) is 23.8 Å². The number of anilines is 1. The van der Waals surface area contributed by atoms with Crippen LogP contribution in [0.15, 0.2) is 18.2 Å². The molecular formula is C12H15ClN2S. The van der Waals surface area contributed by atoms with Crippen molar-refractivity contribution in [3.8, 4) is 0 Å². The molecule has 1 fully saturated rings. The van der Waals surface area contributed by atoms with Gasteiger partial charge in [-0.05, 0) is 38.0 Å². The quantitative estimate of drug-likeness (QED) is 0.838. The van der Waals surface area contributed by atoms with Gasteiger partial charge in [0.15, 0.2) is 0 Å². The Balaban J connectivity index is 2.42. The van der Waals surface area contributed by atoms with Crippen LogP contribution in [0.5, 0.6) is 0 Å². The van der Waals surface area contributed by atoms with Gasteiger partial charge in [0.2, 0.25) is 0 Å². The van der Waals surface area contributed by atoms with Crippen molar-refractivity contribution in [1.29, 1.82) is 0 Å². The number of rotatable bonds is 4. The molecule has 4 heteroatoms. The summed E-state index contributed by atoms with van der Waals surface area (Å²) in [6.45, 7) is 3.10. The summed E-state index contributed by atoms with van der Waals surface area (Å²) < 4.78 is 0. The first kappa shape index (κ1) is 11.7. The van der Waals surface area contributed by atoms with Gasteiger partial charge in [0.1, 0.15) is 4.99 Å². The van der Waals surface area contributed by atoms with E-state index >= 15 is 0 Å². The molecule has 0 radical (unpaired) electrons. The molecule has 0 unspecified atom stereocenters. The molecule has 0 heterocycles. The zero-order valence-electron chi connectivity index (χ0n) is 9.24. The van der Waals surface area contributed by atoms with Crippen LogP contribution in [0, 0.1) is 0 Å². The number of nitrogens with zero attached hydrogens (tertiary/aromatic N) is 1. The third-order valence-electron chi connectivity index (χ3n) is 2.86. The zero-order valence-corrected chi connectivity index (χ0v) is 10.8. The second-order valence-corrected chi connectivity index (χ2v) is 4.92. The summed E-state index contributed by atoms with van der Waals surface area (Å²) in [5, 5.41) is 0.731. The summed E-state index contributed by atoms with van der Waals surface area (Å²) in [7, 11) is 0. The molecule has 1 aromatic rings. The Morgan fingerprint density at radius 1 is 1.56 bits per heavy atom. The first-order chi connectivity index (χ1) is 7.63. The minimum absolute atomic E-state index is 0.436. The average Bonchev–Trinajstić information content (AvgIpc) is 3.03. The van der Waals surface area contributed by atoms with Gasteiger partial charge < -0.3 is 10.6 Å². The van der Waals surface area contributed by atoms with Crippen LogP contribution in [-0.2, 0) is 0 Å². The molecule has 0 bridgehead atoms. The van der Waals surface area contributed by atoms with Gasteiger partial charge in [-0.25, -0.2) is 0 Å². The summed E-state index contributed by atoms with van der Waals surface area (Å²) in [6, 6.07) is 6.33. The van der Waals surface area contributed by atoms with Crippen molar-refractivity contribution < 1.29 is 0 Å². The van der Waals surface area contributed by atoms with E-state index in [0.717, 1.165) is 22.8 Å². The van der Waals surface area contributed by atoms with Crippen molar-refractivity contribution in [3.05, 3.63) is 28.8 Å². The SMILES string of the molecule is CCN(c1cc(Cl)ccc1C(N)=S)C1CC1. The van der Waals surface area contributed by atoms with Gasteiger partial charge in [0.05, 0.1) is 0 Å². The van der Waals surface area contributed by atoms with E-state index in [1.165, 1.54) is 12.8 Å². The van der Waals surface area contributed by atoms with Gasteiger partial charge in [-0.3, -0.25) is 0 Å². The van der Waals surface area contributed by atoms with E-state index in [1.54, 1.807) is 0 Å². The van der Waals surface area contributed by atoms with E-state index < -0.39 is 0 Å². The second-order valence-electron chi connectivity index (χ2n) is 4.04. The molecule has 0 saturated heterocycles. The van der Waals surface area contributed by atoms with Crippen LogP contribution in [0.4, 0.5) is 5.69 Å². The van der Waals surface area contributed by atoms with Crippen molar-refractivity contribution in [1.82, 2.24) is 0 Å². The maximum Gasteiger partial charge on any atom is 0.106 e. The fourth-order valence-electron chi connectivity index (χ4n) is 1.96. The summed E-state index contributed by atoms with van der Waals surface area (Å²) >= 11 is 11.1. The molecule has 0 amide bonds. The van der Waals surface area contributed by atoms with E-state index in [9.17, 15) is 0 Å². The van der Waals surface area contributed by atoms with Crippen LogP contribution in [0.25, 0.3) is 0 Å². The Morgan fingerprint density at radius 3 is 2.75 bits per heavy atom. The molecule has 2 rings (SSSR count). The van der Waals surface area contributed by atoms with Crippen LogP contribution in [-0.4, -0.2) is 17.6 Å². The smallest absolute Gasteiger partial charge is 0.106 e. The van der Waals surface area contributed by atoms with Crippen LogP contribution < -0.4 is 10.6 Å². The Hall–Kier alpha value is -0.800. The van der Waals surface area contributed by atoms with Crippen LogP contribution in [0.2, 0.25) is 5.02 Å². The summed E-state index contributed by atoms with van der Waals surface area (Å²) in [5.74, 6) is 0. The highest BCUT2D eigenvalue weighted by molar-refractivity contribution is 7.80. The number of halogens is 1. The molecule has 86 valence electrons. The molecule has 0 aliphatic heterocycles. The van der Waals surface area contributed by atoms with E-state index in [1.807, 2.05) is 18.2 Å². The molecule has 1 aliphatic carbocycles. The molecule has 2 N–H and O–H groups in total. The molecule has 0 aromatic heterocycles. The number of hydrogen-bond donors (Lipinski definition) is 1. The Bertz CT molecular complexity index is 415. The third kappa shape index (κ3) is 2.30. The van der Waals surface area contributed by atoms with Crippen molar-refractivity contribution in [3.63, 3.8) is 0 Å². The monoisotopic (exact) mass is 254 g/mol. The fraction of sp³-hybridized carbons (Fsp3) is 0.417. The molecule has 2 nitrogen and oxygen atoms in total. The van der Waals surface area contributed by atoms with Gasteiger partial charge in [0, 0.05) is 28.9 Å². The topological polar surface area (TPSA) is 29.3 Å². The number of benzene rings is 1. The molecule has 0 atom stereocenters. The Labute approximate surface area is 106 Å². The molecular weight excluding hydrogens is 240 g/mol. The van der Waals surface area contributed by atoms with Crippen molar-refractivity contribution in [2.45, 2.75) is 25.8 Å². The summed E-state index contributed by atoms with van der Waals surface area (Å²) in [6.07, 6.45) is 2.49. The van der Waals surface area contributed by atoms with E-state index in [4.69, 9.17) is 29.6 Å². The number of hydrogen-bond acceptors (Lipinski definition) is 2. The maximum absolute atomic E-state index is 6.04. The van der Waals surface area contributed by atoms with Gasteiger partial charge >= 0.3 is 0 Å². The van der Waals surface area contributed by atoms with Crippen LogP contribution >= 0.6 is 23.8 Å². The first-order valence-electron chi connectivity index (χ1n) is 5.49. The standard InChI is InChI=1S/C12H15ClN2S/c1-2-15(9-4-5-9)11-7-8(13)3-6-10(11)12(14)16/h3,6-7,9H,2,4-5H2,1H3,(H2,14,16). The normalized spacial score (nSPS) is 14.9. The lowest BCUT2D eigenvalue weighted by Gasteiger charge is -2.25. The van der Waals surface area contributed by atoms with Gasteiger partial charge in [-0.15, -0.1) is 0 Å². The maximum atomic E-state index is 6.04. The lowest BCUT2D eigenvalue weighted by atomic mass is 10.1. The molecule has 1 aliphatic rings. The summed E-state index contributed by atoms with van der Waals surface area (Å²) in [5.41, 5.74) is 7.74. The first-order valence-corrected chi connectivity index (χ1v) is 6.28. The highest BCUT2D eigenvalue weighted by atomic mass is 35.5. The minimum Gasteiger partial charge on any atom is -0.389 e. The molecule has 0 spiro atoms. The van der Waals surface area contributed by atoms with Crippen molar-refractivity contribution >= 4 is 34.5 Å². The van der Waals surface area contributed by atoms with Crippen molar-refractivity contribution in [2.24, 2.45) is 5.73 Å². The van der Waals surface area contributed by atoms with Crippen molar-refractivity contribution in [2.75, 3.05) is 11.4 Å². The lowest BCUT2D eigenvalue weighted by Crippen LogP contribution is -2.28. The molecule has 16 heavy (non-hydrogen) atoms. The zero-order chi connectivity index (χ0) is 11.7. The number of nitrogens with two attached hydrogens (primary N) is 1. The highest BCUT2D eigenvalue weighted by Crippen LogP contribution is 2.34. The van der Waals surface area contributed by atoms with Crippen LogP contribution in [0.3, 0.4) is 0 Å². The van der Waals surface area contributed by atoms with E-state index in [2.05, 4.69) is 11.8 Å². The third-order valence-corrected chi connectivity index (χ3v) is 3.32. The highest BCUT2D eigenvalue weighted by Gasteiger charge is 2.29. The molecule has 1 aromatic carbocycles. The lowest BCUT2D eigenvalue weighted by molar-refractivity contribution is 0.825. The largest absolute Gasteiger partial charge is 0.389 e. The number of thiocarbonyl (C=S) groups is 1. The van der Waals surface area contributed by atoms with Crippen LogP contribution in [0.1, 0.15) is 25.3 Å². The van der Waals surface area contributed by atoms with E-state index in [0.29, 0.717) is 11.0 Å². The molecule has 1 saturated carbocycles. The predicted molar refractivity (Wildman–Crippen MR) is 73.4 cm³/mol. The van der Waals surface area contributed by atoms with Gasteiger partial charge in [-0.2, -0.15) is 0 Å². The Morgan fingerprint density at radius 2 is 2.25 bits per heavy atom. The fourth-order valence-corrected chi connectivity index (χ4v) is 2.30. The summed E-state index contributed by atoms with van der Waals surface area (Å²) in [4.78, 5) is 2.77. The van der Waals surface area contributed by atoms with Gasteiger partial charge in [0.25, 0.3) is 0 Å². The Kier molecular flexibility index (Phi) is 3.36. The minimum atomic E-state index is 0.436.